The zero-order chi connectivity index (χ0) is 12.5. The van der Waals surface area contributed by atoms with Crippen molar-refractivity contribution in [2.75, 3.05) is 20.2 Å². The van der Waals surface area contributed by atoms with Crippen LogP contribution in [0.15, 0.2) is 30.3 Å². The van der Waals surface area contributed by atoms with Crippen molar-refractivity contribution in [3.63, 3.8) is 0 Å². The van der Waals surface area contributed by atoms with Crippen LogP contribution >= 0.6 is 0 Å². The highest BCUT2D eigenvalue weighted by Gasteiger charge is 2.41. The summed E-state index contributed by atoms with van der Waals surface area (Å²) in [4.78, 5) is 13.7. The highest BCUT2D eigenvalue weighted by atomic mass is 16.5. The molecule has 92 valence electrons. The summed E-state index contributed by atoms with van der Waals surface area (Å²) in [5.41, 5.74) is 0.0940. The largest absolute Gasteiger partial charge is 0.386 e. The lowest BCUT2D eigenvalue weighted by Gasteiger charge is -2.45. The topological polar surface area (TPSA) is 49.8 Å². The number of amides is 1. The van der Waals surface area contributed by atoms with Crippen LogP contribution in [0.3, 0.4) is 0 Å². The fourth-order valence-corrected chi connectivity index (χ4v) is 2.11. The minimum Gasteiger partial charge on any atom is -0.386 e. The molecule has 1 heterocycles. The van der Waals surface area contributed by atoms with Gasteiger partial charge in [-0.15, -0.1) is 0 Å². The van der Waals surface area contributed by atoms with E-state index in [1.165, 1.54) is 7.11 Å². The van der Waals surface area contributed by atoms with Crippen molar-refractivity contribution in [1.29, 1.82) is 0 Å². The molecule has 1 saturated heterocycles. The first kappa shape index (κ1) is 12.1. The van der Waals surface area contributed by atoms with Crippen LogP contribution in [-0.2, 0) is 9.53 Å². The standard InChI is InChI=1S/C13H17NO3/c1-13(16)8-14(9-13)12(15)11(17-2)10-6-4-3-5-7-10/h3-7,11,16H,8-9H2,1-2H3. The Morgan fingerprint density at radius 1 is 1.41 bits per heavy atom. The average Bonchev–Trinajstić information content (AvgIpc) is 2.28. The van der Waals surface area contributed by atoms with Gasteiger partial charge in [-0.2, -0.15) is 0 Å². The normalized spacial score (nSPS) is 19.6. The number of benzene rings is 1. The van der Waals surface area contributed by atoms with Crippen LogP contribution in [0.5, 0.6) is 0 Å². The number of ether oxygens (including phenoxy) is 1. The molecule has 1 aliphatic heterocycles. The molecule has 0 saturated carbocycles. The third-order valence-corrected chi connectivity index (χ3v) is 2.94. The Kier molecular flexibility index (Phi) is 3.17. The molecule has 1 fully saturated rings. The van der Waals surface area contributed by atoms with Crippen LogP contribution in [0.2, 0.25) is 0 Å². The van der Waals surface area contributed by atoms with E-state index in [1.54, 1.807) is 11.8 Å². The van der Waals surface area contributed by atoms with E-state index in [2.05, 4.69) is 0 Å². The predicted octanol–water partition coefficient (Wildman–Crippen LogP) is 0.967. The Labute approximate surface area is 101 Å². The molecule has 1 aromatic rings. The smallest absolute Gasteiger partial charge is 0.256 e. The third kappa shape index (κ3) is 2.48. The molecule has 1 aromatic carbocycles. The highest BCUT2D eigenvalue weighted by molar-refractivity contribution is 5.83. The summed E-state index contributed by atoms with van der Waals surface area (Å²) in [5.74, 6) is -0.0924. The minimum absolute atomic E-state index is 0.0924. The van der Waals surface area contributed by atoms with E-state index < -0.39 is 11.7 Å². The van der Waals surface area contributed by atoms with Gasteiger partial charge in [0.25, 0.3) is 5.91 Å². The maximum absolute atomic E-state index is 12.1. The number of carbonyl (C=O) groups is 1. The molecule has 0 bridgehead atoms. The first-order chi connectivity index (χ1) is 8.03. The van der Waals surface area contributed by atoms with Crippen molar-refractivity contribution < 1.29 is 14.6 Å². The molecule has 0 aliphatic carbocycles. The van der Waals surface area contributed by atoms with Crippen LogP contribution < -0.4 is 0 Å². The van der Waals surface area contributed by atoms with Gasteiger partial charge in [0.2, 0.25) is 0 Å². The highest BCUT2D eigenvalue weighted by Crippen LogP contribution is 2.26. The van der Waals surface area contributed by atoms with E-state index in [9.17, 15) is 9.90 Å². The molecule has 1 amide bonds. The predicted molar refractivity (Wildman–Crippen MR) is 63.4 cm³/mol. The van der Waals surface area contributed by atoms with Crippen molar-refractivity contribution in [1.82, 2.24) is 4.90 Å². The quantitative estimate of drug-likeness (QED) is 0.849. The second-order valence-corrected chi connectivity index (χ2v) is 4.72. The summed E-state index contributed by atoms with van der Waals surface area (Å²) in [6.07, 6.45) is -0.577. The average molecular weight is 235 g/mol. The van der Waals surface area contributed by atoms with Gasteiger partial charge in [0, 0.05) is 7.11 Å². The fourth-order valence-electron chi connectivity index (χ4n) is 2.11. The maximum atomic E-state index is 12.1. The molecule has 0 spiro atoms. The number of methoxy groups -OCH3 is 1. The van der Waals surface area contributed by atoms with Gasteiger partial charge in [0.05, 0.1) is 18.7 Å². The van der Waals surface area contributed by atoms with Crippen LogP contribution in [-0.4, -0.2) is 41.7 Å². The van der Waals surface area contributed by atoms with Gasteiger partial charge in [-0.3, -0.25) is 4.79 Å². The number of rotatable bonds is 3. The molecule has 2 rings (SSSR count). The Morgan fingerprint density at radius 3 is 2.47 bits per heavy atom. The Bertz CT molecular complexity index is 394. The van der Waals surface area contributed by atoms with E-state index in [1.807, 2.05) is 30.3 Å². The SMILES string of the molecule is COC(C(=O)N1CC(C)(O)C1)c1ccccc1. The van der Waals surface area contributed by atoms with E-state index in [-0.39, 0.29) is 5.91 Å². The zero-order valence-corrected chi connectivity index (χ0v) is 10.1. The number of aliphatic hydroxyl groups is 1. The molecule has 4 heteroatoms. The molecule has 1 N–H and O–H groups in total. The van der Waals surface area contributed by atoms with Crippen LogP contribution in [0.4, 0.5) is 0 Å². The summed E-state index contributed by atoms with van der Waals surface area (Å²) < 4.78 is 5.25. The number of hydrogen-bond acceptors (Lipinski definition) is 3. The first-order valence-electron chi connectivity index (χ1n) is 5.62. The van der Waals surface area contributed by atoms with E-state index in [4.69, 9.17) is 4.74 Å². The van der Waals surface area contributed by atoms with Crippen LogP contribution in [0, 0.1) is 0 Å². The molecule has 0 radical (unpaired) electrons. The fraction of sp³-hybridized carbons (Fsp3) is 0.462. The summed E-state index contributed by atoms with van der Waals surface area (Å²) >= 11 is 0. The molecule has 1 unspecified atom stereocenters. The van der Waals surface area contributed by atoms with E-state index in [0.717, 1.165) is 5.56 Å². The molecular formula is C13H17NO3. The molecule has 1 aliphatic rings. The van der Waals surface area contributed by atoms with E-state index >= 15 is 0 Å². The lowest BCUT2D eigenvalue weighted by atomic mass is 9.95. The molecular weight excluding hydrogens is 218 g/mol. The summed E-state index contributed by atoms with van der Waals surface area (Å²) in [5, 5.41) is 9.62. The number of hydrogen-bond donors (Lipinski definition) is 1. The molecule has 1 atom stereocenters. The van der Waals surface area contributed by atoms with Gasteiger partial charge in [0.15, 0.2) is 6.10 Å². The van der Waals surface area contributed by atoms with Crippen molar-refractivity contribution in [2.45, 2.75) is 18.6 Å². The van der Waals surface area contributed by atoms with Gasteiger partial charge >= 0.3 is 0 Å². The van der Waals surface area contributed by atoms with E-state index in [0.29, 0.717) is 13.1 Å². The number of β-amino-alcohol motifs (C(OH)–C–C–N with tert-alkyl or cyclic N) is 1. The summed E-state index contributed by atoms with van der Waals surface area (Å²) in [6, 6.07) is 9.38. The van der Waals surface area contributed by atoms with Crippen molar-refractivity contribution in [3.8, 4) is 0 Å². The van der Waals surface area contributed by atoms with Crippen LogP contribution in [0.1, 0.15) is 18.6 Å². The minimum atomic E-state index is -0.745. The third-order valence-electron chi connectivity index (χ3n) is 2.94. The van der Waals surface area contributed by atoms with Gasteiger partial charge < -0.3 is 14.7 Å². The Morgan fingerprint density at radius 2 is 2.00 bits per heavy atom. The van der Waals surface area contributed by atoms with Gasteiger partial charge in [0.1, 0.15) is 0 Å². The summed E-state index contributed by atoms with van der Waals surface area (Å²) in [7, 11) is 1.52. The second kappa shape index (κ2) is 4.47. The zero-order valence-electron chi connectivity index (χ0n) is 10.1. The lowest BCUT2D eigenvalue weighted by molar-refractivity contribution is -0.163. The molecule has 4 nitrogen and oxygen atoms in total. The Hall–Kier alpha value is -1.39. The van der Waals surface area contributed by atoms with Gasteiger partial charge in [-0.1, -0.05) is 30.3 Å². The van der Waals surface area contributed by atoms with Crippen LogP contribution in [0.25, 0.3) is 0 Å². The first-order valence-corrected chi connectivity index (χ1v) is 5.62. The van der Waals surface area contributed by atoms with Gasteiger partial charge in [-0.25, -0.2) is 0 Å². The number of carbonyl (C=O) groups excluding carboxylic acids is 1. The number of likely N-dealkylation sites (tertiary alicyclic amines) is 1. The lowest BCUT2D eigenvalue weighted by Crippen LogP contribution is -2.62. The molecule has 17 heavy (non-hydrogen) atoms. The molecule has 0 aromatic heterocycles. The monoisotopic (exact) mass is 235 g/mol. The van der Waals surface area contributed by atoms with Gasteiger partial charge in [-0.05, 0) is 12.5 Å². The second-order valence-electron chi connectivity index (χ2n) is 4.72. The maximum Gasteiger partial charge on any atom is 0.256 e. The van der Waals surface area contributed by atoms with Crippen molar-refractivity contribution in [2.24, 2.45) is 0 Å². The Balaban J connectivity index is 2.07. The summed E-state index contributed by atoms with van der Waals surface area (Å²) in [6.45, 7) is 2.47. The van der Waals surface area contributed by atoms with Crippen molar-refractivity contribution in [3.05, 3.63) is 35.9 Å². The number of nitrogens with zero attached hydrogens (tertiary/aromatic N) is 1. The van der Waals surface area contributed by atoms with Crippen molar-refractivity contribution >= 4 is 5.91 Å².